The molecule has 0 aromatic carbocycles. The van der Waals surface area contributed by atoms with Gasteiger partial charge in [0.2, 0.25) is 0 Å². The number of ether oxygens (including phenoxy) is 2. The Kier molecular flexibility index (Phi) is 10.0. The Balaban J connectivity index is 1.33. The number of anilines is 1. The zero-order valence-electron chi connectivity index (χ0n) is 28.2. The lowest BCUT2D eigenvalue weighted by molar-refractivity contribution is -0.146. The van der Waals surface area contributed by atoms with Crippen molar-refractivity contribution >= 4 is 36.8 Å². The highest BCUT2D eigenvalue weighted by molar-refractivity contribution is 6.76. The molecule has 256 valence electrons. The average Bonchev–Trinajstić information content (AvgIpc) is 3.67. The summed E-state index contributed by atoms with van der Waals surface area (Å²) in [5.41, 5.74) is 1.37. The number of halogens is 3. The standard InChI is InChI=1S/C33H50F3N5O4Si/c1-32(2,3)45-31(43)39(20-33(34,35)36)18-24-9-11-25(12-10-24)41-21-40(19-23-7-8-23)30(42)27-17-37-29-26(28(27)41)13-14-38(29)22-44-15-16-46(4,5)6/h13-14,17,23-25H,7-12,15-16,18-22H2,1-6H3/t24-,25-. The second kappa shape index (κ2) is 13.4. The lowest BCUT2D eigenvalue weighted by Crippen LogP contribution is -2.52. The van der Waals surface area contributed by atoms with E-state index in [1.807, 2.05) is 21.7 Å². The van der Waals surface area contributed by atoms with Gasteiger partial charge in [-0.2, -0.15) is 13.2 Å². The molecule has 1 aliphatic heterocycles. The number of fused-ring (bicyclic) bond motifs is 3. The minimum Gasteiger partial charge on any atom is -0.444 e. The fraction of sp³-hybridized carbons (Fsp3) is 0.727. The summed E-state index contributed by atoms with van der Waals surface area (Å²) in [5, 5.41) is 0.911. The van der Waals surface area contributed by atoms with Gasteiger partial charge in [-0.1, -0.05) is 19.6 Å². The van der Waals surface area contributed by atoms with Crippen LogP contribution in [-0.2, 0) is 16.2 Å². The number of rotatable bonds is 11. The van der Waals surface area contributed by atoms with Crippen molar-refractivity contribution in [1.29, 1.82) is 0 Å². The Hall–Kier alpha value is -2.80. The third-order valence-corrected chi connectivity index (χ3v) is 10.8. The summed E-state index contributed by atoms with van der Waals surface area (Å²) >= 11 is 0. The average molecular weight is 666 g/mol. The molecule has 46 heavy (non-hydrogen) atoms. The van der Waals surface area contributed by atoms with Crippen LogP contribution in [-0.4, -0.2) is 90.2 Å². The van der Waals surface area contributed by atoms with Crippen LogP contribution in [0.5, 0.6) is 0 Å². The van der Waals surface area contributed by atoms with E-state index < -0.39 is 32.5 Å². The van der Waals surface area contributed by atoms with Gasteiger partial charge in [0.15, 0.2) is 0 Å². The molecule has 2 aromatic heterocycles. The summed E-state index contributed by atoms with van der Waals surface area (Å²) in [6.45, 7) is 12.9. The van der Waals surface area contributed by atoms with Crippen LogP contribution in [0.3, 0.4) is 0 Å². The molecule has 2 fully saturated rings. The summed E-state index contributed by atoms with van der Waals surface area (Å²) in [5.74, 6) is 0.452. The summed E-state index contributed by atoms with van der Waals surface area (Å²) in [7, 11) is -1.22. The van der Waals surface area contributed by atoms with Crippen molar-refractivity contribution in [2.24, 2.45) is 11.8 Å². The van der Waals surface area contributed by atoms with E-state index in [9.17, 15) is 22.8 Å². The Morgan fingerprint density at radius 1 is 1.07 bits per heavy atom. The molecule has 13 heteroatoms. The molecule has 2 saturated carbocycles. The molecular weight excluding hydrogens is 615 g/mol. The third-order valence-electron chi connectivity index (χ3n) is 9.05. The molecule has 2 amide bonds. The van der Waals surface area contributed by atoms with Crippen molar-refractivity contribution in [3.63, 3.8) is 0 Å². The number of carbonyl (C=O) groups is 2. The molecule has 0 unspecified atom stereocenters. The lowest BCUT2D eigenvalue weighted by atomic mass is 9.84. The molecule has 3 aliphatic rings. The normalized spacial score (nSPS) is 21.1. The predicted octanol–water partition coefficient (Wildman–Crippen LogP) is 7.34. The highest BCUT2D eigenvalue weighted by atomic mass is 28.3. The van der Waals surface area contributed by atoms with Crippen LogP contribution in [0.25, 0.3) is 11.0 Å². The zero-order valence-corrected chi connectivity index (χ0v) is 29.2. The van der Waals surface area contributed by atoms with Crippen LogP contribution in [0.4, 0.5) is 23.7 Å². The fourth-order valence-electron chi connectivity index (χ4n) is 6.47. The number of pyridine rings is 1. The predicted molar refractivity (Wildman–Crippen MR) is 175 cm³/mol. The Bertz CT molecular complexity index is 1390. The molecular formula is C33H50F3N5O4Si. The maximum atomic E-state index is 13.7. The Morgan fingerprint density at radius 2 is 1.74 bits per heavy atom. The van der Waals surface area contributed by atoms with Crippen molar-refractivity contribution in [2.75, 3.05) is 37.8 Å². The first-order valence-electron chi connectivity index (χ1n) is 16.6. The molecule has 2 aromatic rings. The largest absolute Gasteiger partial charge is 0.444 e. The quantitative estimate of drug-likeness (QED) is 0.185. The second-order valence-electron chi connectivity index (χ2n) is 15.6. The minimum atomic E-state index is -4.52. The first kappa shape index (κ1) is 34.5. The molecule has 3 heterocycles. The lowest BCUT2D eigenvalue weighted by Gasteiger charge is -2.45. The van der Waals surface area contributed by atoms with E-state index >= 15 is 0 Å². The van der Waals surface area contributed by atoms with Gasteiger partial charge >= 0.3 is 12.3 Å². The van der Waals surface area contributed by atoms with Gasteiger partial charge in [0.1, 0.15) is 24.5 Å². The summed E-state index contributed by atoms with van der Waals surface area (Å²) in [6.07, 6.45) is 3.31. The highest BCUT2D eigenvalue weighted by Gasteiger charge is 2.40. The van der Waals surface area contributed by atoms with Crippen LogP contribution in [0.15, 0.2) is 18.5 Å². The molecule has 0 bridgehead atoms. The third kappa shape index (κ3) is 8.96. The summed E-state index contributed by atoms with van der Waals surface area (Å²) in [4.78, 5) is 36.2. The van der Waals surface area contributed by atoms with Gasteiger partial charge in [0.05, 0.1) is 17.9 Å². The van der Waals surface area contributed by atoms with E-state index in [2.05, 4.69) is 24.5 Å². The molecule has 0 radical (unpaired) electrons. The van der Waals surface area contributed by atoms with Crippen LogP contribution < -0.4 is 4.90 Å². The SMILES string of the molecule is CC(C)(C)OC(=O)N(CC(F)(F)F)C[C@H]1CC[C@H](N2CN(CC3CC3)C(=O)c3cnc4c(ccn4COCC[Si](C)(C)C)c32)CC1. The molecule has 2 aliphatic carbocycles. The van der Waals surface area contributed by atoms with E-state index in [0.717, 1.165) is 59.9 Å². The van der Waals surface area contributed by atoms with Gasteiger partial charge in [0, 0.05) is 51.6 Å². The molecule has 0 N–H and O–H groups in total. The number of hydrogen-bond acceptors (Lipinski definition) is 6. The number of carbonyl (C=O) groups excluding carboxylic acids is 2. The van der Waals surface area contributed by atoms with E-state index in [1.54, 1.807) is 27.0 Å². The van der Waals surface area contributed by atoms with Crippen molar-refractivity contribution in [3.8, 4) is 0 Å². The second-order valence-corrected chi connectivity index (χ2v) is 21.2. The van der Waals surface area contributed by atoms with Gasteiger partial charge in [0.25, 0.3) is 5.91 Å². The molecule has 0 spiro atoms. The fourth-order valence-corrected chi connectivity index (χ4v) is 7.23. The minimum absolute atomic E-state index is 0.000486. The maximum Gasteiger partial charge on any atom is 0.410 e. The number of amides is 2. The summed E-state index contributed by atoms with van der Waals surface area (Å²) in [6, 6.07) is 3.19. The van der Waals surface area contributed by atoms with Crippen molar-refractivity contribution in [3.05, 3.63) is 24.0 Å². The van der Waals surface area contributed by atoms with Crippen LogP contribution >= 0.6 is 0 Å². The van der Waals surface area contributed by atoms with E-state index in [0.29, 0.717) is 44.3 Å². The monoisotopic (exact) mass is 665 g/mol. The van der Waals surface area contributed by atoms with Gasteiger partial charge in [-0.15, -0.1) is 0 Å². The van der Waals surface area contributed by atoms with Gasteiger partial charge in [-0.3, -0.25) is 9.69 Å². The van der Waals surface area contributed by atoms with Gasteiger partial charge < -0.3 is 23.8 Å². The molecule has 9 nitrogen and oxygen atoms in total. The number of nitrogens with zero attached hydrogens (tertiary/aromatic N) is 5. The van der Waals surface area contributed by atoms with E-state index in [1.165, 1.54) is 0 Å². The molecule has 0 saturated heterocycles. The van der Waals surface area contributed by atoms with Crippen LogP contribution in [0.1, 0.15) is 69.7 Å². The Morgan fingerprint density at radius 3 is 2.35 bits per heavy atom. The molecule has 0 atom stereocenters. The summed E-state index contributed by atoms with van der Waals surface area (Å²) < 4.78 is 53.6. The van der Waals surface area contributed by atoms with Crippen molar-refractivity contribution in [2.45, 2.75) is 110 Å². The topological polar surface area (TPSA) is 80.1 Å². The number of aromatic nitrogens is 2. The van der Waals surface area contributed by atoms with Crippen molar-refractivity contribution in [1.82, 2.24) is 19.4 Å². The van der Waals surface area contributed by atoms with E-state index in [4.69, 9.17) is 14.5 Å². The van der Waals surface area contributed by atoms with Crippen LogP contribution in [0.2, 0.25) is 25.7 Å². The zero-order chi connectivity index (χ0) is 33.4. The first-order valence-corrected chi connectivity index (χ1v) is 20.3. The molecule has 5 rings (SSSR count). The smallest absolute Gasteiger partial charge is 0.410 e. The number of alkyl halides is 3. The van der Waals surface area contributed by atoms with Gasteiger partial charge in [-0.05, 0) is 83.2 Å². The first-order chi connectivity index (χ1) is 21.5. The Labute approximate surface area is 271 Å². The van der Waals surface area contributed by atoms with Crippen molar-refractivity contribution < 1.29 is 32.2 Å². The van der Waals surface area contributed by atoms with Gasteiger partial charge in [-0.25, -0.2) is 9.78 Å². The van der Waals surface area contributed by atoms with E-state index in [-0.39, 0.29) is 24.4 Å². The maximum absolute atomic E-state index is 13.7. The highest BCUT2D eigenvalue weighted by Crippen LogP contribution is 2.41. The van der Waals surface area contributed by atoms with Crippen LogP contribution in [0, 0.1) is 11.8 Å². The number of hydrogen-bond donors (Lipinski definition) is 0.